The van der Waals surface area contributed by atoms with Crippen LogP contribution in [0.1, 0.15) is 18.0 Å². The van der Waals surface area contributed by atoms with Crippen LogP contribution in [0.25, 0.3) is 0 Å². The molecular weight excluding hydrogens is 312 g/mol. The summed E-state index contributed by atoms with van der Waals surface area (Å²) in [5.74, 6) is -1.42. The van der Waals surface area contributed by atoms with Crippen molar-refractivity contribution in [2.45, 2.75) is 12.5 Å². The summed E-state index contributed by atoms with van der Waals surface area (Å²) < 4.78 is 4.62. The Balaban J connectivity index is 2.05. The first-order chi connectivity index (χ1) is 11.5. The Morgan fingerprint density at radius 3 is 2.38 bits per heavy atom. The average Bonchev–Trinajstić information content (AvgIpc) is 2.87. The zero-order valence-electron chi connectivity index (χ0n) is 12.8. The van der Waals surface area contributed by atoms with Crippen molar-refractivity contribution in [3.8, 4) is 0 Å². The molecule has 1 N–H and O–H groups in total. The number of carbonyl (C=O) groups excluding carboxylic acids is 4. The van der Waals surface area contributed by atoms with E-state index in [0.717, 1.165) is 23.3 Å². The molecule has 2 rings (SSSR count). The number of ether oxygens (including phenoxy) is 1. The van der Waals surface area contributed by atoms with E-state index in [-0.39, 0.29) is 18.7 Å². The second kappa shape index (κ2) is 7.87. The van der Waals surface area contributed by atoms with Gasteiger partial charge in [-0.25, -0.2) is 4.79 Å². The summed E-state index contributed by atoms with van der Waals surface area (Å²) in [4.78, 5) is 47.7. The van der Waals surface area contributed by atoms with Crippen molar-refractivity contribution >= 4 is 23.7 Å². The van der Waals surface area contributed by atoms with Crippen molar-refractivity contribution in [2.24, 2.45) is 0 Å². The number of ketones is 1. The number of hydrogen-bond acceptors (Lipinski definition) is 5. The molecule has 1 aliphatic rings. The van der Waals surface area contributed by atoms with Crippen LogP contribution in [-0.2, 0) is 19.1 Å². The van der Waals surface area contributed by atoms with Crippen LogP contribution in [0.5, 0.6) is 0 Å². The van der Waals surface area contributed by atoms with Crippen LogP contribution in [-0.4, -0.2) is 35.1 Å². The number of amides is 3. The topological polar surface area (TPSA) is 92.8 Å². The van der Waals surface area contributed by atoms with Crippen molar-refractivity contribution in [1.82, 2.24) is 10.2 Å². The molecule has 0 spiro atoms. The molecule has 1 unspecified atom stereocenters. The quantitative estimate of drug-likeness (QED) is 0.604. The molecule has 0 saturated carbocycles. The first-order valence-electron chi connectivity index (χ1n) is 7.19. The summed E-state index contributed by atoms with van der Waals surface area (Å²) in [5.41, 5.74) is 0.698. The highest BCUT2D eigenvalue weighted by Crippen LogP contribution is 2.18. The fraction of sp³-hybridized carbons (Fsp3) is 0.176. The summed E-state index contributed by atoms with van der Waals surface area (Å²) in [6.45, 7) is 2.95. The van der Waals surface area contributed by atoms with Gasteiger partial charge < -0.3 is 10.1 Å². The van der Waals surface area contributed by atoms with Crippen LogP contribution >= 0.6 is 0 Å². The molecule has 0 saturated heterocycles. The number of benzene rings is 1. The summed E-state index contributed by atoms with van der Waals surface area (Å²) in [6.07, 6.45) is 2.37. The predicted octanol–water partition coefficient (Wildman–Crippen LogP) is 1.48. The highest BCUT2D eigenvalue weighted by molar-refractivity contribution is 6.14. The third-order valence-corrected chi connectivity index (χ3v) is 3.35. The van der Waals surface area contributed by atoms with Gasteiger partial charge in [0, 0.05) is 18.6 Å². The fourth-order valence-electron chi connectivity index (χ4n) is 2.25. The lowest BCUT2D eigenvalue weighted by Gasteiger charge is -2.19. The van der Waals surface area contributed by atoms with E-state index in [2.05, 4.69) is 16.6 Å². The standard InChI is InChI=1S/C17H16N2O5/c1-2-24-17(23)18-14(12-6-4-3-5-7-12)10-13(20)11-19-15(21)8-9-16(19)22/h2-9,14H,1,10-11H2,(H,18,23). The van der Waals surface area contributed by atoms with E-state index in [4.69, 9.17) is 0 Å². The van der Waals surface area contributed by atoms with Gasteiger partial charge >= 0.3 is 6.09 Å². The van der Waals surface area contributed by atoms with Crippen LogP contribution < -0.4 is 5.32 Å². The van der Waals surface area contributed by atoms with E-state index in [1.807, 2.05) is 0 Å². The van der Waals surface area contributed by atoms with E-state index in [1.165, 1.54) is 0 Å². The van der Waals surface area contributed by atoms with E-state index in [1.54, 1.807) is 30.3 Å². The average molecular weight is 328 g/mol. The van der Waals surface area contributed by atoms with Crippen LogP contribution in [0.3, 0.4) is 0 Å². The number of carbonyl (C=O) groups is 4. The van der Waals surface area contributed by atoms with Gasteiger partial charge in [-0.2, -0.15) is 0 Å². The Kier molecular flexibility index (Phi) is 5.62. The van der Waals surface area contributed by atoms with Crippen LogP contribution in [0.15, 0.2) is 55.3 Å². The van der Waals surface area contributed by atoms with E-state index >= 15 is 0 Å². The van der Waals surface area contributed by atoms with Crippen molar-refractivity contribution in [1.29, 1.82) is 0 Å². The smallest absolute Gasteiger partial charge is 0.412 e. The molecule has 1 heterocycles. The van der Waals surface area contributed by atoms with Crippen molar-refractivity contribution in [3.05, 3.63) is 60.9 Å². The lowest BCUT2D eigenvalue weighted by Crippen LogP contribution is -2.37. The molecule has 24 heavy (non-hydrogen) atoms. The molecule has 1 atom stereocenters. The van der Waals surface area contributed by atoms with Gasteiger partial charge in [-0.05, 0) is 5.56 Å². The predicted molar refractivity (Wildman–Crippen MR) is 84.5 cm³/mol. The molecule has 0 radical (unpaired) electrons. The molecule has 7 nitrogen and oxygen atoms in total. The summed E-state index contributed by atoms with van der Waals surface area (Å²) in [6, 6.07) is 8.19. The normalized spacial score (nSPS) is 14.4. The number of rotatable bonds is 7. The Morgan fingerprint density at radius 1 is 1.17 bits per heavy atom. The minimum absolute atomic E-state index is 0.0900. The van der Waals surface area contributed by atoms with Gasteiger partial charge in [0.25, 0.3) is 11.8 Å². The van der Waals surface area contributed by atoms with Gasteiger partial charge in [-0.15, -0.1) is 0 Å². The molecule has 0 aromatic heterocycles. The van der Waals surface area contributed by atoms with Crippen molar-refractivity contribution in [2.75, 3.05) is 6.54 Å². The Hall–Kier alpha value is -3.22. The van der Waals surface area contributed by atoms with Crippen LogP contribution in [0.2, 0.25) is 0 Å². The van der Waals surface area contributed by atoms with E-state index in [9.17, 15) is 19.2 Å². The maximum atomic E-state index is 12.2. The minimum atomic E-state index is -0.748. The van der Waals surface area contributed by atoms with Gasteiger partial charge in [-0.1, -0.05) is 36.9 Å². The second-order valence-electron chi connectivity index (χ2n) is 5.02. The molecule has 1 aromatic rings. The van der Waals surface area contributed by atoms with Gasteiger partial charge in [0.1, 0.15) is 0 Å². The number of hydrogen-bond donors (Lipinski definition) is 1. The van der Waals surface area contributed by atoms with Gasteiger partial charge in [0.05, 0.1) is 18.8 Å². The molecule has 1 aliphatic heterocycles. The Bertz CT molecular complexity index is 678. The highest BCUT2D eigenvalue weighted by atomic mass is 16.5. The van der Waals surface area contributed by atoms with E-state index in [0.29, 0.717) is 5.56 Å². The van der Waals surface area contributed by atoms with Crippen LogP contribution in [0.4, 0.5) is 4.79 Å². The van der Waals surface area contributed by atoms with E-state index < -0.39 is 23.9 Å². The van der Waals surface area contributed by atoms with Gasteiger partial charge in [-0.3, -0.25) is 19.3 Å². The summed E-state index contributed by atoms with van der Waals surface area (Å²) >= 11 is 0. The molecule has 0 fully saturated rings. The molecule has 0 aliphatic carbocycles. The molecule has 0 bridgehead atoms. The minimum Gasteiger partial charge on any atom is -0.419 e. The molecular formula is C17H16N2O5. The number of nitrogens with one attached hydrogen (secondary N) is 1. The zero-order valence-corrected chi connectivity index (χ0v) is 12.8. The third kappa shape index (κ3) is 4.39. The number of alkyl carbamates (subject to hydrolysis) is 1. The third-order valence-electron chi connectivity index (χ3n) is 3.35. The molecule has 1 aromatic carbocycles. The van der Waals surface area contributed by atoms with Gasteiger partial charge in [0.15, 0.2) is 5.78 Å². The van der Waals surface area contributed by atoms with Crippen molar-refractivity contribution in [3.63, 3.8) is 0 Å². The first kappa shape index (κ1) is 17.1. The second-order valence-corrected chi connectivity index (χ2v) is 5.02. The number of nitrogens with zero attached hydrogens (tertiary/aromatic N) is 1. The van der Waals surface area contributed by atoms with Crippen LogP contribution in [0, 0.1) is 0 Å². The lowest BCUT2D eigenvalue weighted by atomic mass is 10.0. The fourth-order valence-corrected chi connectivity index (χ4v) is 2.25. The number of imide groups is 1. The summed E-state index contributed by atoms with van der Waals surface area (Å²) in [5, 5.41) is 2.56. The molecule has 7 heteroatoms. The molecule has 124 valence electrons. The summed E-state index contributed by atoms with van der Waals surface area (Å²) in [7, 11) is 0. The first-order valence-corrected chi connectivity index (χ1v) is 7.19. The maximum absolute atomic E-state index is 12.2. The monoisotopic (exact) mass is 328 g/mol. The highest BCUT2D eigenvalue weighted by Gasteiger charge is 2.27. The zero-order chi connectivity index (χ0) is 17.5. The number of Topliss-reactive ketones (excluding diaryl/α,β-unsaturated/α-hetero) is 1. The SMILES string of the molecule is C=COC(=O)NC(CC(=O)CN1C(=O)C=CC1=O)c1ccccc1. The van der Waals surface area contributed by atoms with Crippen molar-refractivity contribution < 1.29 is 23.9 Å². The largest absolute Gasteiger partial charge is 0.419 e. The Morgan fingerprint density at radius 2 is 1.79 bits per heavy atom. The maximum Gasteiger partial charge on any atom is 0.412 e. The lowest BCUT2D eigenvalue weighted by molar-refractivity contribution is -0.140. The Labute approximate surface area is 138 Å². The van der Waals surface area contributed by atoms with Gasteiger partial charge in [0.2, 0.25) is 0 Å². The molecule has 3 amide bonds.